The van der Waals surface area contributed by atoms with Gasteiger partial charge < -0.3 is 10.5 Å². The fraction of sp³-hybridized carbons (Fsp3) is 0.400. The molecule has 1 fully saturated rings. The molecule has 0 bridgehead atoms. The van der Waals surface area contributed by atoms with E-state index in [0.717, 1.165) is 18.6 Å². The fourth-order valence-electron chi connectivity index (χ4n) is 1.10. The van der Waals surface area contributed by atoms with Crippen LogP contribution in [-0.4, -0.2) is 12.1 Å². The SMILES string of the molecule is NC1(COc2ccc(Cl)c(Cl)c2)CC1. The van der Waals surface area contributed by atoms with Crippen LogP contribution in [0, 0.1) is 0 Å². The van der Waals surface area contributed by atoms with Crippen LogP contribution in [-0.2, 0) is 0 Å². The number of halogens is 2. The minimum atomic E-state index is -0.105. The summed E-state index contributed by atoms with van der Waals surface area (Å²) in [4.78, 5) is 0. The van der Waals surface area contributed by atoms with E-state index >= 15 is 0 Å². The Balaban J connectivity index is 1.99. The van der Waals surface area contributed by atoms with Crippen molar-refractivity contribution in [2.24, 2.45) is 5.73 Å². The molecule has 0 saturated heterocycles. The summed E-state index contributed by atoms with van der Waals surface area (Å²) in [6.07, 6.45) is 2.07. The van der Waals surface area contributed by atoms with Crippen LogP contribution in [0.15, 0.2) is 18.2 Å². The van der Waals surface area contributed by atoms with E-state index in [2.05, 4.69) is 0 Å². The molecule has 2 N–H and O–H groups in total. The highest BCUT2D eigenvalue weighted by Crippen LogP contribution is 2.33. The second-order valence-electron chi connectivity index (χ2n) is 3.73. The second-order valence-corrected chi connectivity index (χ2v) is 4.54. The molecule has 1 aliphatic rings. The molecule has 0 aliphatic heterocycles. The maximum absolute atomic E-state index is 5.88. The normalized spacial score (nSPS) is 17.9. The van der Waals surface area contributed by atoms with Gasteiger partial charge in [-0.2, -0.15) is 0 Å². The highest BCUT2D eigenvalue weighted by molar-refractivity contribution is 6.42. The summed E-state index contributed by atoms with van der Waals surface area (Å²) in [5.41, 5.74) is 5.77. The van der Waals surface area contributed by atoms with E-state index in [0.29, 0.717) is 16.7 Å². The van der Waals surface area contributed by atoms with Crippen LogP contribution in [0.5, 0.6) is 5.75 Å². The zero-order chi connectivity index (χ0) is 10.2. The molecule has 4 heteroatoms. The van der Waals surface area contributed by atoms with Crippen molar-refractivity contribution in [1.82, 2.24) is 0 Å². The Morgan fingerprint density at radius 3 is 2.57 bits per heavy atom. The third kappa shape index (κ3) is 2.32. The zero-order valence-corrected chi connectivity index (χ0v) is 9.11. The molecule has 2 nitrogen and oxygen atoms in total. The third-order valence-corrected chi connectivity index (χ3v) is 3.05. The molecule has 0 aromatic heterocycles. The van der Waals surface area contributed by atoms with Gasteiger partial charge in [0.25, 0.3) is 0 Å². The molecule has 1 saturated carbocycles. The number of benzene rings is 1. The van der Waals surface area contributed by atoms with Crippen molar-refractivity contribution in [2.45, 2.75) is 18.4 Å². The summed E-state index contributed by atoms with van der Waals surface area (Å²) in [6, 6.07) is 5.21. The van der Waals surface area contributed by atoms with Gasteiger partial charge in [-0.05, 0) is 25.0 Å². The van der Waals surface area contributed by atoms with E-state index in [9.17, 15) is 0 Å². The number of ether oxygens (including phenoxy) is 1. The summed E-state index contributed by atoms with van der Waals surface area (Å²) in [6.45, 7) is 0.547. The van der Waals surface area contributed by atoms with Gasteiger partial charge in [-0.1, -0.05) is 23.2 Å². The van der Waals surface area contributed by atoms with Crippen molar-refractivity contribution in [3.63, 3.8) is 0 Å². The van der Waals surface area contributed by atoms with Gasteiger partial charge in [0.15, 0.2) is 0 Å². The van der Waals surface area contributed by atoms with Gasteiger partial charge in [-0.3, -0.25) is 0 Å². The van der Waals surface area contributed by atoms with E-state index in [1.54, 1.807) is 18.2 Å². The average Bonchev–Trinajstić information content (AvgIpc) is 2.87. The molecule has 76 valence electrons. The molecule has 0 heterocycles. The molecule has 14 heavy (non-hydrogen) atoms. The first kappa shape index (κ1) is 10.1. The van der Waals surface area contributed by atoms with Gasteiger partial charge in [-0.15, -0.1) is 0 Å². The van der Waals surface area contributed by atoms with Gasteiger partial charge in [0.05, 0.1) is 15.6 Å². The highest BCUT2D eigenvalue weighted by atomic mass is 35.5. The smallest absolute Gasteiger partial charge is 0.120 e. The maximum atomic E-state index is 5.88. The molecule has 0 atom stereocenters. The van der Waals surface area contributed by atoms with Gasteiger partial charge >= 0.3 is 0 Å². The lowest BCUT2D eigenvalue weighted by atomic mass is 10.3. The summed E-state index contributed by atoms with van der Waals surface area (Å²) < 4.78 is 5.50. The molecule has 0 unspecified atom stereocenters. The standard InChI is InChI=1S/C10H11Cl2NO/c11-8-2-1-7(5-9(8)12)14-6-10(13)3-4-10/h1-2,5H,3-4,6,13H2. The minimum Gasteiger partial charge on any atom is -0.492 e. The Hall–Kier alpha value is -0.440. The predicted molar refractivity (Wildman–Crippen MR) is 58.1 cm³/mol. The van der Waals surface area contributed by atoms with E-state index in [4.69, 9.17) is 33.7 Å². The Morgan fingerprint density at radius 2 is 2.00 bits per heavy atom. The second kappa shape index (κ2) is 3.61. The Labute approximate surface area is 92.9 Å². The van der Waals surface area contributed by atoms with Crippen molar-refractivity contribution >= 4 is 23.2 Å². The van der Waals surface area contributed by atoms with E-state index < -0.39 is 0 Å². The molecule has 1 aromatic carbocycles. The summed E-state index contributed by atoms with van der Waals surface area (Å²) >= 11 is 11.6. The molecule has 1 aromatic rings. The van der Waals surface area contributed by atoms with Crippen molar-refractivity contribution in [1.29, 1.82) is 0 Å². The van der Waals surface area contributed by atoms with Crippen molar-refractivity contribution in [3.8, 4) is 5.75 Å². The third-order valence-electron chi connectivity index (χ3n) is 2.31. The van der Waals surface area contributed by atoms with Crippen molar-refractivity contribution in [3.05, 3.63) is 28.2 Å². The zero-order valence-electron chi connectivity index (χ0n) is 7.59. The van der Waals surface area contributed by atoms with Crippen molar-refractivity contribution in [2.75, 3.05) is 6.61 Å². The van der Waals surface area contributed by atoms with E-state index in [1.807, 2.05) is 0 Å². The first-order valence-corrected chi connectivity index (χ1v) is 5.21. The Bertz CT molecular complexity index is 350. The molecule has 2 rings (SSSR count). The van der Waals surface area contributed by atoms with Crippen LogP contribution in [0.1, 0.15) is 12.8 Å². The number of rotatable bonds is 3. The number of nitrogens with two attached hydrogens (primary N) is 1. The number of hydrogen-bond donors (Lipinski definition) is 1. The summed E-state index contributed by atoms with van der Waals surface area (Å²) in [5.74, 6) is 0.719. The van der Waals surface area contributed by atoms with Gasteiger partial charge in [0.1, 0.15) is 12.4 Å². The molecule has 0 spiro atoms. The van der Waals surface area contributed by atoms with Gasteiger partial charge in [0, 0.05) is 6.07 Å². The van der Waals surface area contributed by atoms with E-state index in [-0.39, 0.29) is 5.54 Å². The molecular formula is C10H11Cl2NO. The summed E-state index contributed by atoms with van der Waals surface area (Å²) in [5, 5.41) is 1.04. The van der Waals surface area contributed by atoms with Gasteiger partial charge in [0.2, 0.25) is 0 Å². The quantitative estimate of drug-likeness (QED) is 0.869. The number of hydrogen-bond acceptors (Lipinski definition) is 2. The Morgan fingerprint density at radius 1 is 1.29 bits per heavy atom. The maximum Gasteiger partial charge on any atom is 0.120 e. The largest absolute Gasteiger partial charge is 0.492 e. The van der Waals surface area contributed by atoms with Crippen LogP contribution in [0.25, 0.3) is 0 Å². The monoisotopic (exact) mass is 231 g/mol. The van der Waals surface area contributed by atoms with Crippen LogP contribution in [0.4, 0.5) is 0 Å². The Kier molecular flexibility index (Phi) is 2.60. The predicted octanol–water partition coefficient (Wildman–Crippen LogP) is 2.86. The van der Waals surface area contributed by atoms with E-state index in [1.165, 1.54) is 0 Å². The topological polar surface area (TPSA) is 35.2 Å². The molecule has 0 amide bonds. The first-order valence-electron chi connectivity index (χ1n) is 4.46. The molecule has 1 aliphatic carbocycles. The lowest BCUT2D eigenvalue weighted by Gasteiger charge is -2.11. The molecular weight excluding hydrogens is 221 g/mol. The first-order chi connectivity index (χ1) is 6.59. The van der Waals surface area contributed by atoms with Crippen molar-refractivity contribution < 1.29 is 4.74 Å². The lowest BCUT2D eigenvalue weighted by Crippen LogP contribution is -2.29. The van der Waals surface area contributed by atoms with Crippen LogP contribution in [0.3, 0.4) is 0 Å². The van der Waals surface area contributed by atoms with Crippen LogP contribution in [0.2, 0.25) is 10.0 Å². The lowest BCUT2D eigenvalue weighted by molar-refractivity contribution is 0.279. The highest BCUT2D eigenvalue weighted by Gasteiger charge is 2.39. The molecule has 0 radical (unpaired) electrons. The van der Waals surface area contributed by atoms with Crippen LogP contribution < -0.4 is 10.5 Å². The van der Waals surface area contributed by atoms with Gasteiger partial charge in [-0.25, -0.2) is 0 Å². The minimum absolute atomic E-state index is 0.105. The summed E-state index contributed by atoms with van der Waals surface area (Å²) in [7, 11) is 0. The fourth-order valence-corrected chi connectivity index (χ4v) is 1.39. The average molecular weight is 232 g/mol. The van der Waals surface area contributed by atoms with Crippen LogP contribution >= 0.6 is 23.2 Å².